The topological polar surface area (TPSA) is 49.8 Å². The fourth-order valence-corrected chi connectivity index (χ4v) is 2.33. The number of fused-ring (bicyclic) bond motifs is 1. The lowest BCUT2D eigenvalue weighted by atomic mass is 10.2. The highest BCUT2D eigenvalue weighted by atomic mass is 19.1. The van der Waals surface area contributed by atoms with Gasteiger partial charge in [0.2, 0.25) is 0 Å². The molecular weight excluding hydrogens is 209 g/mol. The monoisotopic (exact) mass is 221 g/mol. The van der Waals surface area contributed by atoms with E-state index in [1.807, 2.05) is 0 Å². The summed E-state index contributed by atoms with van der Waals surface area (Å²) in [4.78, 5) is 14.5. The van der Waals surface area contributed by atoms with Crippen LogP contribution in [-0.2, 0) is 0 Å². The second kappa shape index (κ2) is 3.45. The van der Waals surface area contributed by atoms with E-state index < -0.39 is 0 Å². The first kappa shape index (κ1) is 9.59. The van der Waals surface area contributed by atoms with Crippen LogP contribution in [0.2, 0.25) is 0 Å². The SMILES string of the molecule is O=c1[nH]c2cc(F)ccc2n1C1CCNC1. The molecule has 0 radical (unpaired) electrons. The van der Waals surface area contributed by atoms with E-state index in [0.717, 1.165) is 25.0 Å². The van der Waals surface area contributed by atoms with Crippen LogP contribution in [0.4, 0.5) is 4.39 Å². The van der Waals surface area contributed by atoms with Crippen LogP contribution in [0.5, 0.6) is 0 Å². The van der Waals surface area contributed by atoms with Crippen LogP contribution in [0, 0.1) is 5.82 Å². The lowest BCUT2D eigenvalue weighted by Gasteiger charge is -2.09. The molecule has 0 amide bonds. The minimum Gasteiger partial charge on any atom is -0.315 e. The highest BCUT2D eigenvalue weighted by Crippen LogP contribution is 2.19. The largest absolute Gasteiger partial charge is 0.326 e. The smallest absolute Gasteiger partial charge is 0.315 e. The Bertz CT molecular complexity index is 580. The Balaban J connectivity index is 2.23. The second-order valence-corrected chi connectivity index (χ2v) is 4.11. The van der Waals surface area contributed by atoms with Gasteiger partial charge in [-0.05, 0) is 31.2 Å². The molecule has 1 aliphatic rings. The maximum atomic E-state index is 13.0. The quantitative estimate of drug-likeness (QED) is 0.754. The summed E-state index contributed by atoms with van der Waals surface area (Å²) in [5, 5.41) is 3.22. The summed E-state index contributed by atoms with van der Waals surface area (Å²) in [6.07, 6.45) is 0.935. The van der Waals surface area contributed by atoms with E-state index >= 15 is 0 Å². The average Bonchev–Trinajstić information content (AvgIpc) is 2.83. The summed E-state index contributed by atoms with van der Waals surface area (Å²) in [5.74, 6) is -0.328. The first-order valence-electron chi connectivity index (χ1n) is 5.36. The van der Waals surface area contributed by atoms with Crippen LogP contribution in [0.15, 0.2) is 23.0 Å². The fourth-order valence-electron chi connectivity index (χ4n) is 2.33. The van der Waals surface area contributed by atoms with Gasteiger partial charge in [0, 0.05) is 6.54 Å². The number of nitrogens with zero attached hydrogens (tertiary/aromatic N) is 1. The third-order valence-corrected chi connectivity index (χ3v) is 3.08. The molecule has 1 aromatic carbocycles. The van der Waals surface area contributed by atoms with E-state index in [4.69, 9.17) is 0 Å². The minimum absolute atomic E-state index is 0.158. The zero-order chi connectivity index (χ0) is 11.1. The Morgan fingerprint density at radius 3 is 3.06 bits per heavy atom. The van der Waals surface area contributed by atoms with Crippen LogP contribution >= 0.6 is 0 Å². The number of halogens is 1. The lowest BCUT2D eigenvalue weighted by Crippen LogP contribution is -2.23. The Hall–Kier alpha value is -1.62. The van der Waals surface area contributed by atoms with Crippen LogP contribution in [0.1, 0.15) is 12.5 Å². The number of nitrogens with one attached hydrogen (secondary N) is 2. The van der Waals surface area contributed by atoms with Crippen LogP contribution in [0.3, 0.4) is 0 Å². The molecule has 1 unspecified atom stereocenters. The molecule has 3 rings (SSSR count). The van der Waals surface area contributed by atoms with Crippen LogP contribution < -0.4 is 11.0 Å². The molecule has 84 valence electrons. The normalized spacial score (nSPS) is 20.7. The van der Waals surface area contributed by atoms with E-state index in [2.05, 4.69) is 10.3 Å². The van der Waals surface area contributed by atoms with Gasteiger partial charge in [0.05, 0.1) is 17.1 Å². The van der Waals surface area contributed by atoms with Gasteiger partial charge in [0.15, 0.2) is 0 Å². The summed E-state index contributed by atoms with van der Waals surface area (Å²) in [6, 6.07) is 4.57. The van der Waals surface area contributed by atoms with Crippen molar-refractivity contribution in [3.05, 3.63) is 34.5 Å². The van der Waals surface area contributed by atoms with Crippen molar-refractivity contribution < 1.29 is 4.39 Å². The fraction of sp³-hybridized carbons (Fsp3) is 0.364. The van der Waals surface area contributed by atoms with Gasteiger partial charge in [-0.25, -0.2) is 9.18 Å². The number of aromatic nitrogens is 2. The Morgan fingerprint density at radius 1 is 1.44 bits per heavy atom. The zero-order valence-electron chi connectivity index (χ0n) is 8.66. The minimum atomic E-state index is -0.328. The molecular formula is C11H12FN3O. The average molecular weight is 221 g/mol. The maximum absolute atomic E-state index is 13.0. The first-order chi connectivity index (χ1) is 7.75. The number of benzene rings is 1. The zero-order valence-corrected chi connectivity index (χ0v) is 8.66. The van der Waals surface area contributed by atoms with Crippen molar-refractivity contribution in [2.75, 3.05) is 13.1 Å². The molecule has 1 aromatic heterocycles. The molecule has 2 aromatic rings. The molecule has 5 heteroatoms. The summed E-state index contributed by atoms with van der Waals surface area (Å²) in [5.41, 5.74) is 1.19. The van der Waals surface area contributed by atoms with Gasteiger partial charge in [0.25, 0.3) is 0 Å². The van der Waals surface area contributed by atoms with Gasteiger partial charge in [-0.15, -0.1) is 0 Å². The third-order valence-electron chi connectivity index (χ3n) is 3.08. The van der Waals surface area contributed by atoms with Gasteiger partial charge in [-0.1, -0.05) is 0 Å². The number of H-pyrrole nitrogens is 1. The Morgan fingerprint density at radius 2 is 2.31 bits per heavy atom. The van der Waals surface area contributed by atoms with Crippen molar-refractivity contribution in [2.24, 2.45) is 0 Å². The highest BCUT2D eigenvalue weighted by Gasteiger charge is 2.20. The molecule has 1 atom stereocenters. The Labute approximate surface area is 91.1 Å². The van der Waals surface area contributed by atoms with Gasteiger partial charge >= 0.3 is 5.69 Å². The molecule has 0 spiro atoms. The van der Waals surface area contributed by atoms with E-state index in [-0.39, 0.29) is 17.5 Å². The molecule has 2 heterocycles. The van der Waals surface area contributed by atoms with Gasteiger partial charge in [-0.3, -0.25) is 4.57 Å². The number of imidazole rings is 1. The van der Waals surface area contributed by atoms with E-state index in [0.29, 0.717) is 5.52 Å². The van der Waals surface area contributed by atoms with Gasteiger partial charge in [0.1, 0.15) is 5.82 Å². The lowest BCUT2D eigenvalue weighted by molar-refractivity contribution is 0.545. The molecule has 16 heavy (non-hydrogen) atoms. The molecule has 2 N–H and O–H groups in total. The standard InChI is InChI=1S/C11H12FN3O/c12-7-1-2-10-9(5-7)14-11(16)15(10)8-3-4-13-6-8/h1-2,5,8,13H,3-4,6H2,(H,14,16). The number of hydrogen-bond acceptors (Lipinski definition) is 2. The van der Waals surface area contributed by atoms with E-state index in [9.17, 15) is 9.18 Å². The van der Waals surface area contributed by atoms with Crippen molar-refractivity contribution >= 4 is 11.0 Å². The van der Waals surface area contributed by atoms with Crippen LogP contribution in [0.25, 0.3) is 11.0 Å². The number of rotatable bonds is 1. The summed E-state index contributed by atoms with van der Waals surface area (Å²) >= 11 is 0. The number of aromatic amines is 1. The van der Waals surface area contributed by atoms with Gasteiger partial charge < -0.3 is 10.3 Å². The first-order valence-corrected chi connectivity index (χ1v) is 5.36. The van der Waals surface area contributed by atoms with Crippen LogP contribution in [-0.4, -0.2) is 22.6 Å². The van der Waals surface area contributed by atoms with Crippen molar-refractivity contribution in [1.29, 1.82) is 0 Å². The Kier molecular flexibility index (Phi) is 2.07. The van der Waals surface area contributed by atoms with E-state index in [1.165, 1.54) is 12.1 Å². The summed E-state index contributed by atoms with van der Waals surface area (Å²) in [7, 11) is 0. The number of hydrogen-bond donors (Lipinski definition) is 2. The predicted molar refractivity (Wildman–Crippen MR) is 59.0 cm³/mol. The summed E-state index contributed by atoms with van der Waals surface area (Å²) < 4.78 is 14.7. The molecule has 4 nitrogen and oxygen atoms in total. The molecule has 1 aliphatic heterocycles. The second-order valence-electron chi connectivity index (χ2n) is 4.11. The van der Waals surface area contributed by atoms with Crippen molar-refractivity contribution in [3.63, 3.8) is 0 Å². The van der Waals surface area contributed by atoms with Crippen molar-refractivity contribution in [2.45, 2.75) is 12.5 Å². The molecule has 1 saturated heterocycles. The van der Waals surface area contributed by atoms with Crippen molar-refractivity contribution in [1.82, 2.24) is 14.9 Å². The molecule has 0 saturated carbocycles. The predicted octanol–water partition coefficient (Wildman–Crippen LogP) is 1.00. The third kappa shape index (κ3) is 1.36. The maximum Gasteiger partial charge on any atom is 0.326 e. The van der Waals surface area contributed by atoms with Gasteiger partial charge in [-0.2, -0.15) is 0 Å². The highest BCUT2D eigenvalue weighted by molar-refractivity contribution is 5.75. The van der Waals surface area contributed by atoms with E-state index in [1.54, 1.807) is 10.6 Å². The molecule has 0 bridgehead atoms. The molecule has 0 aliphatic carbocycles. The molecule has 1 fully saturated rings. The van der Waals surface area contributed by atoms with Crippen molar-refractivity contribution in [3.8, 4) is 0 Å². The summed E-state index contributed by atoms with van der Waals surface area (Å²) in [6.45, 7) is 1.72.